The Morgan fingerprint density at radius 3 is 2.68 bits per heavy atom. The van der Waals surface area contributed by atoms with Gasteiger partial charge in [0.1, 0.15) is 5.76 Å². The maximum absolute atomic E-state index is 12.1. The summed E-state index contributed by atoms with van der Waals surface area (Å²) in [5.74, 6) is 1.27. The number of aryl methyl sites for hydroxylation is 2. The quantitative estimate of drug-likeness (QED) is 0.844. The fourth-order valence-corrected chi connectivity index (χ4v) is 2.90. The maximum atomic E-state index is 12.1. The molecule has 1 aliphatic rings. The number of nitrogens with zero attached hydrogens (tertiary/aromatic N) is 1. The highest BCUT2D eigenvalue weighted by Gasteiger charge is 2.25. The van der Waals surface area contributed by atoms with Gasteiger partial charge in [0, 0.05) is 18.2 Å². The molecule has 1 aromatic heterocycles. The first-order valence-electron chi connectivity index (χ1n) is 7.03. The number of nitrogens with two attached hydrogens (primary N) is 1. The van der Waals surface area contributed by atoms with E-state index in [1.807, 2.05) is 13.8 Å². The van der Waals surface area contributed by atoms with Gasteiger partial charge in [-0.25, -0.2) is 0 Å². The van der Waals surface area contributed by atoms with Gasteiger partial charge in [-0.05, 0) is 32.6 Å². The highest BCUT2D eigenvalue weighted by atomic mass is 16.5. The summed E-state index contributed by atoms with van der Waals surface area (Å²) in [6, 6.07) is 0.107. The first kappa shape index (κ1) is 14.1. The van der Waals surface area contributed by atoms with Crippen LogP contribution in [0.5, 0.6) is 0 Å². The number of aromatic nitrogens is 1. The molecule has 1 amide bonds. The third kappa shape index (κ3) is 3.35. The van der Waals surface area contributed by atoms with E-state index in [0.717, 1.165) is 17.0 Å². The summed E-state index contributed by atoms with van der Waals surface area (Å²) in [4.78, 5) is 12.1. The van der Waals surface area contributed by atoms with Crippen LogP contribution in [0.15, 0.2) is 4.52 Å². The molecule has 0 radical (unpaired) electrons. The monoisotopic (exact) mass is 265 g/mol. The van der Waals surface area contributed by atoms with Crippen molar-refractivity contribution < 1.29 is 9.32 Å². The molecule has 5 heteroatoms. The van der Waals surface area contributed by atoms with Gasteiger partial charge in [0.2, 0.25) is 5.91 Å². The number of hydrogen-bond acceptors (Lipinski definition) is 4. The Kier molecular flexibility index (Phi) is 4.58. The molecule has 1 fully saturated rings. The number of hydrogen-bond donors (Lipinski definition) is 2. The highest BCUT2D eigenvalue weighted by molar-refractivity contribution is 5.79. The van der Waals surface area contributed by atoms with E-state index in [-0.39, 0.29) is 11.9 Å². The summed E-state index contributed by atoms with van der Waals surface area (Å²) in [6.45, 7) is 4.20. The average molecular weight is 265 g/mol. The van der Waals surface area contributed by atoms with Gasteiger partial charge in [-0.1, -0.05) is 18.0 Å². The molecule has 1 aromatic rings. The van der Waals surface area contributed by atoms with Gasteiger partial charge in [0.25, 0.3) is 0 Å². The molecule has 2 rings (SSSR count). The summed E-state index contributed by atoms with van der Waals surface area (Å²) < 4.78 is 5.07. The van der Waals surface area contributed by atoms with Gasteiger partial charge in [0.05, 0.1) is 12.1 Å². The molecule has 1 aliphatic carbocycles. The van der Waals surface area contributed by atoms with Crippen molar-refractivity contribution >= 4 is 5.91 Å². The topological polar surface area (TPSA) is 81.2 Å². The van der Waals surface area contributed by atoms with Crippen molar-refractivity contribution in [3.05, 3.63) is 17.0 Å². The lowest BCUT2D eigenvalue weighted by Crippen LogP contribution is -2.45. The molecule has 0 bridgehead atoms. The predicted octanol–water partition coefficient (Wildman–Crippen LogP) is 1.47. The Hall–Kier alpha value is -1.36. The van der Waals surface area contributed by atoms with Crippen LogP contribution in [0.1, 0.15) is 42.7 Å². The van der Waals surface area contributed by atoms with Crippen molar-refractivity contribution in [2.24, 2.45) is 11.7 Å². The smallest absolute Gasteiger partial charge is 0.224 e. The van der Waals surface area contributed by atoms with E-state index in [0.29, 0.717) is 18.9 Å². The lowest BCUT2D eigenvalue weighted by atomic mass is 9.98. The zero-order valence-corrected chi connectivity index (χ0v) is 11.7. The largest absolute Gasteiger partial charge is 0.361 e. The Balaban J connectivity index is 1.92. The molecule has 1 atom stereocenters. The fourth-order valence-electron chi connectivity index (χ4n) is 2.90. The van der Waals surface area contributed by atoms with Crippen LogP contribution in [0, 0.1) is 19.8 Å². The number of carbonyl (C=O) groups is 1. The Labute approximate surface area is 113 Å². The maximum Gasteiger partial charge on any atom is 0.224 e. The van der Waals surface area contributed by atoms with Gasteiger partial charge < -0.3 is 15.6 Å². The van der Waals surface area contributed by atoms with Crippen molar-refractivity contribution in [1.82, 2.24) is 10.5 Å². The summed E-state index contributed by atoms with van der Waals surface area (Å²) >= 11 is 0. The van der Waals surface area contributed by atoms with E-state index >= 15 is 0 Å². The van der Waals surface area contributed by atoms with Crippen LogP contribution < -0.4 is 11.1 Å². The fraction of sp³-hybridized carbons (Fsp3) is 0.714. The van der Waals surface area contributed by atoms with Crippen molar-refractivity contribution in [2.75, 3.05) is 6.54 Å². The summed E-state index contributed by atoms with van der Waals surface area (Å²) in [5, 5.41) is 6.93. The second-order valence-electron chi connectivity index (χ2n) is 5.43. The van der Waals surface area contributed by atoms with E-state index in [2.05, 4.69) is 10.5 Å². The number of nitrogens with one attached hydrogen (secondary N) is 1. The molecule has 5 nitrogen and oxygen atoms in total. The van der Waals surface area contributed by atoms with Crippen LogP contribution in [0.4, 0.5) is 0 Å². The summed E-state index contributed by atoms with van der Waals surface area (Å²) in [6.07, 6.45) is 5.17. The van der Waals surface area contributed by atoms with Gasteiger partial charge in [-0.3, -0.25) is 4.79 Å². The van der Waals surface area contributed by atoms with E-state index in [1.165, 1.54) is 25.7 Å². The molecule has 19 heavy (non-hydrogen) atoms. The minimum Gasteiger partial charge on any atom is -0.361 e. The van der Waals surface area contributed by atoms with Gasteiger partial charge in [0.15, 0.2) is 0 Å². The summed E-state index contributed by atoms with van der Waals surface area (Å²) in [5.41, 5.74) is 7.47. The molecule has 1 unspecified atom stereocenters. The second-order valence-corrected chi connectivity index (χ2v) is 5.43. The molecular formula is C14H23N3O2. The highest BCUT2D eigenvalue weighted by Crippen LogP contribution is 2.27. The van der Waals surface area contributed by atoms with Crippen molar-refractivity contribution in [1.29, 1.82) is 0 Å². The van der Waals surface area contributed by atoms with Crippen LogP contribution in [-0.4, -0.2) is 23.7 Å². The van der Waals surface area contributed by atoms with Crippen molar-refractivity contribution in [2.45, 2.75) is 52.0 Å². The lowest BCUT2D eigenvalue weighted by Gasteiger charge is -2.23. The first-order chi connectivity index (χ1) is 9.11. The number of amides is 1. The van der Waals surface area contributed by atoms with Crippen LogP contribution in [0.2, 0.25) is 0 Å². The molecule has 1 heterocycles. The second kappa shape index (κ2) is 6.19. The minimum atomic E-state index is 0.0109. The van der Waals surface area contributed by atoms with E-state index < -0.39 is 0 Å². The lowest BCUT2D eigenvalue weighted by molar-refractivity contribution is -0.121. The van der Waals surface area contributed by atoms with E-state index in [9.17, 15) is 4.79 Å². The van der Waals surface area contributed by atoms with Crippen LogP contribution >= 0.6 is 0 Å². The molecule has 106 valence electrons. The Morgan fingerprint density at radius 1 is 1.47 bits per heavy atom. The van der Waals surface area contributed by atoms with Crippen molar-refractivity contribution in [3.63, 3.8) is 0 Å². The molecular weight excluding hydrogens is 242 g/mol. The molecule has 3 N–H and O–H groups in total. The first-order valence-corrected chi connectivity index (χ1v) is 7.03. The van der Waals surface area contributed by atoms with E-state index in [4.69, 9.17) is 10.3 Å². The Morgan fingerprint density at radius 2 is 2.16 bits per heavy atom. The average Bonchev–Trinajstić information content (AvgIpc) is 3.01. The SMILES string of the molecule is Cc1noc(C)c1CC(=O)NC(CN)C1CCCC1. The third-order valence-corrected chi connectivity index (χ3v) is 4.09. The van der Waals surface area contributed by atoms with Crippen LogP contribution in [-0.2, 0) is 11.2 Å². The number of carbonyl (C=O) groups excluding carboxylic acids is 1. The Bertz CT molecular complexity index is 416. The number of rotatable bonds is 5. The molecule has 1 saturated carbocycles. The standard InChI is InChI=1S/C14H23N3O2/c1-9-12(10(2)19-17-9)7-14(18)16-13(8-15)11-5-3-4-6-11/h11,13H,3-8,15H2,1-2H3,(H,16,18). The van der Waals surface area contributed by atoms with Crippen molar-refractivity contribution in [3.8, 4) is 0 Å². The van der Waals surface area contributed by atoms with Gasteiger partial charge in [-0.2, -0.15) is 0 Å². The normalized spacial score (nSPS) is 17.6. The zero-order chi connectivity index (χ0) is 13.8. The minimum absolute atomic E-state index is 0.0109. The van der Waals surface area contributed by atoms with Crippen LogP contribution in [0.25, 0.3) is 0 Å². The van der Waals surface area contributed by atoms with Gasteiger partial charge >= 0.3 is 0 Å². The third-order valence-electron chi connectivity index (χ3n) is 4.09. The molecule has 0 spiro atoms. The van der Waals surface area contributed by atoms with Crippen LogP contribution in [0.3, 0.4) is 0 Å². The zero-order valence-electron chi connectivity index (χ0n) is 11.7. The molecule has 0 aromatic carbocycles. The van der Waals surface area contributed by atoms with E-state index in [1.54, 1.807) is 0 Å². The summed E-state index contributed by atoms with van der Waals surface area (Å²) in [7, 11) is 0. The predicted molar refractivity (Wildman–Crippen MR) is 72.6 cm³/mol. The van der Waals surface area contributed by atoms with Gasteiger partial charge in [-0.15, -0.1) is 0 Å². The molecule has 0 aliphatic heterocycles. The molecule has 0 saturated heterocycles.